The van der Waals surface area contributed by atoms with Gasteiger partial charge in [0.1, 0.15) is 11.6 Å². The summed E-state index contributed by atoms with van der Waals surface area (Å²) in [4.78, 5) is 15.3. The number of aromatic amines is 1. The SMILES string of the molecule is N#Cc1c(-c2cccc(Cl)c2)cc(-c2ccc(-c3ccccc3)cc2)[nH]c1=O. The van der Waals surface area contributed by atoms with Gasteiger partial charge in [-0.25, -0.2) is 0 Å². The van der Waals surface area contributed by atoms with Gasteiger partial charge in [-0.2, -0.15) is 5.26 Å². The maximum atomic E-state index is 12.5. The molecule has 0 aliphatic carbocycles. The maximum absolute atomic E-state index is 12.5. The van der Waals surface area contributed by atoms with Gasteiger partial charge in [0.25, 0.3) is 5.56 Å². The summed E-state index contributed by atoms with van der Waals surface area (Å²) in [6.45, 7) is 0. The van der Waals surface area contributed by atoms with Gasteiger partial charge in [-0.3, -0.25) is 4.79 Å². The molecule has 1 N–H and O–H groups in total. The van der Waals surface area contributed by atoms with Gasteiger partial charge in [-0.05, 0) is 40.5 Å². The van der Waals surface area contributed by atoms with Crippen LogP contribution in [0.4, 0.5) is 0 Å². The van der Waals surface area contributed by atoms with E-state index in [1.807, 2.05) is 60.7 Å². The number of rotatable bonds is 3. The van der Waals surface area contributed by atoms with Crippen molar-refractivity contribution >= 4 is 11.6 Å². The largest absolute Gasteiger partial charge is 0.321 e. The molecule has 1 heterocycles. The van der Waals surface area contributed by atoms with Crippen LogP contribution < -0.4 is 5.56 Å². The Bertz CT molecular complexity index is 1240. The van der Waals surface area contributed by atoms with Gasteiger partial charge in [-0.1, -0.05) is 78.3 Å². The fourth-order valence-electron chi connectivity index (χ4n) is 3.18. The molecule has 0 unspecified atom stereocenters. The smallest absolute Gasteiger partial charge is 0.266 e. The number of aromatic nitrogens is 1. The van der Waals surface area contributed by atoms with Crippen LogP contribution in [0.25, 0.3) is 33.5 Å². The van der Waals surface area contributed by atoms with E-state index < -0.39 is 5.56 Å². The maximum Gasteiger partial charge on any atom is 0.266 e. The summed E-state index contributed by atoms with van der Waals surface area (Å²) in [5.74, 6) is 0. The molecular formula is C24H15ClN2O. The number of pyridine rings is 1. The molecule has 0 atom stereocenters. The van der Waals surface area contributed by atoms with Crippen molar-refractivity contribution in [1.82, 2.24) is 4.98 Å². The van der Waals surface area contributed by atoms with Crippen LogP contribution in [0.5, 0.6) is 0 Å². The molecule has 0 saturated heterocycles. The van der Waals surface area contributed by atoms with Crippen LogP contribution in [0.3, 0.4) is 0 Å². The van der Waals surface area contributed by atoms with Crippen molar-refractivity contribution in [2.24, 2.45) is 0 Å². The number of halogens is 1. The molecule has 4 rings (SSSR count). The van der Waals surface area contributed by atoms with Crippen molar-refractivity contribution in [1.29, 1.82) is 5.26 Å². The molecule has 0 spiro atoms. The van der Waals surface area contributed by atoms with Crippen molar-refractivity contribution in [3.63, 3.8) is 0 Å². The van der Waals surface area contributed by atoms with E-state index in [1.165, 1.54) is 0 Å². The Balaban J connectivity index is 1.81. The summed E-state index contributed by atoms with van der Waals surface area (Å²) < 4.78 is 0. The summed E-state index contributed by atoms with van der Waals surface area (Å²) in [5.41, 5.74) is 4.70. The van der Waals surface area contributed by atoms with Gasteiger partial charge in [0.15, 0.2) is 0 Å². The Morgan fingerprint density at radius 3 is 2.07 bits per heavy atom. The Morgan fingerprint density at radius 2 is 1.39 bits per heavy atom. The molecule has 0 aliphatic rings. The summed E-state index contributed by atoms with van der Waals surface area (Å²) in [7, 11) is 0. The third-order valence-corrected chi connectivity index (χ3v) is 4.82. The van der Waals surface area contributed by atoms with Crippen molar-refractivity contribution < 1.29 is 0 Å². The van der Waals surface area contributed by atoms with Crippen LogP contribution in [-0.4, -0.2) is 4.98 Å². The second-order valence-corrected chi connectivity index (χ2v) is 6.80. The van der Waals surface area contributed by atoms with E-state index in [0.717, 1.165) is 22.3 Å². The van der Waals surface area contributed by atoms with Crippen molar-refractivity contribution in [2.75, 3.05) is 0 Å². The molecule has 4 heteroatoms. The molecule has 4 aromatic rings. The van der Waals surface area contributed by atoms with E-state index in [4.69, 9.17) is 11.6 Å². The lowest BCUT2D eigenvalue weighted by Gasteiger charge is -2.09. The van der Waals surface area contributed by atoms with E-state index in [0.29, 0.717) is 16.3 Å². The van der Waals surface area contributed by atoms with Crippen molar-refractivity contribution in [3.8, 4) is 39.6 Å². The summed E-state index contributed by atoms with van der Waals surface area (Å²) in [6.07, 6.45) is 0. The first-order valence-electron chi connectivity index (χ1n) is 8.75. The number of nitrogens with one attached hydrogen (secondary N) is 1. The molecule has 0 radical (unpaired) electrons. The molecule has 3 nitrogen and oxygen atoms in total. The summed E-state index contributed by atoms with van der Waals surface area (Å²) in [5, 5.41) is 10.0. The van der Waals surface area contributed by atoms with Crippen LogP contribution in [0.1, 0.15) is 5.56 Å². The predicted octanol–water partition coefficient (Wildman–Crippen LogP) is 5.90. The Labute approximate surface area is 167 Å². The van der Waals surface area contributed by atoms with E-state index in [1.54, 1.807) is 18.2 Å². The summed E-state index contributed by atoms with van der Waals surface area (Å²) >= 11 is 6.09. The first-order chi connectivity index (χ1) is 13.7. The Kier molecular flexibility index (Phi) is 4.80. The van der Waals surface area contributed by atoms with Crippen LogP contribution >= 0.6 is 11.6 Å². The first kappa shape index (κ1) is 17.8. The number of nitrogens with zero attached hydrogens (tertiary/aromatic N) is 1. The van der Waals surface area contributed by atoms with Crippen LogP contribution in [0, 0.1) is 11.3 Å². The zero-order chi connectivity index (χ0) is 19.5. The molecule has 0 aliphatic heterocycles. The van der Waals surface area contributed by atoms with Crippen LogP contribution in [0.2, 0.25) is 5.02 Å². The lowest BCUT2D eigenvalue weighted by molar-refractivity contribution is 1.22. The molecule has 134 valence electrons. The number of nitriles is 1. The summed E-state index contributed by atoms with van der Waals surface area (Å²) in [6, 6.07) is 29.0. The Morgan fingerprint density at radius 1 is 0.750 bits per heavy atom. The monoisotopic (exact) mass is 382 g/mol. The number of hydrogen-bond acceptors (Lipinski definition) is 2. The minimum Gasteiger partial charge on any atom is -0.321 e. The molecular weight excluding hydrogens is 368 g/mol. The third kappa shape index (κ3) is 3.46. The Hall–Kier alpha value is -3.61. The molecule has 28 heavy (non-hydrogen) atoms. The highest BCUT2D eigenvalue weighted by atomic mass is 35.5. The van der Waals surface area contributed by atoms with E-state index in [2.05, 4.69) is 17.1 Å². The van der Waals surface area contributed by atoms with Gasteiger partial charge in [0.05, 0.1) is 0 Å². The molecule has 0 saturated carbocycles. The quantitative estimate of drug-likeness (QED) is 0.479. The normalized spacial score (nSPS) is 10.4. The van der Waals surface area contributed by atoms with Crippen LogP contribution in [0.15, 0.2) is 89.7 Å². The zero-order valence-corrected chi connectivity index (χ0v) is 15.6. The number of hydrogen-bond donors (Lipinski definition) is 1. The molecule has 3 aromatic carbocycles. The van der Waals surface area contributed by atoms with Gasteiger partial charge < -0.3 is 4.98 Å². The molecule has 0 fully saturated rings. The highest BCUT2D eigenvalue weighted by Gasteiger charge is 2.13. The van der Waals surface area contributed by atoms with Gasteiger partial charge in [0, 0.05) is 16.3 Å². The van der Waals surface area contributed by atoms with Crippen molar-refractivity contribution in [2.45, 2.75) is 0 Å². The number of benzene rings is 3. The minimum atomic E-state index is -0.415. The average Bonchev–Trinajstić information content (AvgIpc) is 2.74. The lowest BCUT2D eigenvalue weighted by atomic mass is 9.98. The molecule has 0 amide bonds. The first-order valence-corrected chi connectivity index (χ1v) is 9.13. The van der Waals surface area contributed by atoms with E-state index in [9.17, 15) is 10.1 Å². The highest BCUT2D eigenvalue weighted by molar-refractivity contribution is 6.30. The molecule has 1 aromatic heterocycles. The second-order valence-electron chi connectivity index (χ2n) is 6.37. The van der Waals surface area contributed by atoms with Gasteiger partial charge in [0.2, 0.25) is 0 Å². The fraction of sp³-hybridized carbons (Fsp3) is 0. The topological polar surface area (TPSA) is 56.6 Å². The zero-order valence-electron chi connectivity index (χ0n) is 14.8. The highest BCUT2D eigenvalue weighted by Crippen LogP contribution is 2.29. The van der Waals surface area contributed by atoms with E-state index >= 15 is 0 Å². The second kappa shape index (κ2) is 7.56. The standard InChI is InChI=1S/C24H15ClN2O/c25-20-8-4-7-19(13-20)21-14-23(27-24(28)22(21)15-26)18-11-9-17(10-12-18)16-5-2-1-3-6-16/h1-14H,(H,27,28). The third-order valence-electron chi connectivity index (χ3n) is 4.58. The minimum absolute atomic E-state index is 0.0759. The fourth-order valence-corrected chi connectivity index (χ4v) is 3.37. The van der Waals surface area contributed by atoms with Gasteiger partial charge >= 0.3 is 0 Å². The number of H-pyrrole nitrogens is 1. The molecule has 0 bridgehead atoms. The van der Waals surface area contributed by atoms with E-state index in [-0.39, 0.29) is 5.56 Å². The van der Waals surface area contributed by atoms with Gasteiger partial charge in [-0.15, -0.1) is 0 Å². The van der Waals surface area contributed by atoms with Crippen molar-refractivity contribution in [3.05, 3.63) is 106 Å². The predicted molar refractivity (Wildman–Crippen MR) is 113 cm³/mol. The lowest BCUT2D eigenvalue weighted by Crippen LogP contribution is -2.12. The van der Waals surface area contributed by atoms with Crippen LogP contribution in [-0.2, 0) is 0 Å². The average molecular weight is 383 g/mol.